The molecule has 0 aliphatic carbocycles. The highest BCUT2D eigenvalue weighted by atomic mass is 14.9. The van der Waals surface area contributed by atoms with Gasteiger partial charge in [-0.1, -0.05) is 56.0 Å². The molecular weight excluding hydrogens is 280 g/mol. The fraction of sp³-hybridized carbons (Fsp3) is 0.0952. The van der Waals surface area contributed by atoms with Crippen LogP contribution in [0, 0.1) is 11.3 Å². The van der Waals surface area contributed by atoms with Crippen LogP contribution >= 0.6 is 0 Å². The molecule has 0 spiro atoms. The number of aryl methyl sites for hydroxylation is 1. The van der Waals surface area contributed by atoms with Crippen molar-refractivity contribution >= 4 is 6.08 Å². The van der Waals surface area contributed by atoms with Gasteiger partial charge in [-0.05, 0) is 35.2 Å². The van der Waals surface area contributed by atoms with E-state index in [4.69, 9.17) is 0 Å². The second-order valence-corrected chi connectivity index (χ2v) is 5.41. The number of nitriles is 1. The van der Waals surface area contributed by atoms with Gasteiger partial charge < -0.3 is 4.57 Å². The van der Waals surface area contributed by atoms with Crippen molar-refractivity contribution < 1.29 is 0 Å². The van der Waals surface area contributed by atoms with E-state index in [2.05, 4.69) is 31.7 Å². The molecule has 112 valence electrons. The molecule has 2 aromatic carbocycles. The fourth-order valence-electron chi connectivity index (χ4n) is 2.78. The summed E-state index contributed by atoms with van der Waals surface area (Å²) in [5, 5.41) is 9.51. The van der Waals surface area contributed by atoms with Gasteiger partial charge in [0.1, 0.15) is 6.07 Å². The lowest BCUT2D eigenvalue weighted by Crippen LogP contribution is -1.89. The SMILES string of the molecule is C=Cc1ccc(-n2cc(C#N)c(-c3ccccc3CC)c2)cc1. The average Bonchev–Trinajstić information content (AvgIpc) is 3.06. The Bertz CT molecular complexity index is 877. The van der Waals surface area contributed by atoms with Gasteiger partial charge in [-0.15, -0.1) is 0 Å². The number of rotatable bonds is 4. The molecule has 3 aromatic rings. The number of hydrogen-bond donors (Lipinski definition) is 0. The molecule has 2 nitrogen and oxygen atoms in total. The van der Waals surface area contributed by atoms with Gasteiger partial charge in [-0.2, -0.15) is 5.26 Å². The Morgan fingerprint density at radius 1 is 1.04 bits per heavy atom. The molecule has 0 fully saturated rings. The van der Waals surface area contributed by atoms with E-state index in [1.807, 2.05) is 59.4 Å². The maximum atomic E-state index is 9.51. The van der Waals surface area contributed by atoms with Crippen LogP contribution in [0.1, 0.15) is 23.6 Å². The number of nitrogens with zero attached hydrogens (tertiary/aromatic N) is 2. The first-order chi connectivity index (χ1) is 11.3. The lowest BCUT2D eigenvalue weighted by atomic mass is 9.98. The largest absolute Gasteiger partial charge is 0.322 e. The molecule has 1 heterocycles. The van der Waals surface area contributed by atoms with Crippen LogP contribution < -0.4 is 0 Å². The molecule has 0 aliphatic heterocycles. The molecule has 0 aliphatic rings. The molecule has 0 N–H and O–H groups in total. The van der Waals surface area contributed by atoms with Crippen molar-refractivity contribution in [2.24, 2.45) is 0 Å². The van der Waals surface area contributed by atoms with Gasteiger partial charge in [0.25, 0.3) is 0 Å². The quantitative estimate of drug-likeness (QED) is 0.649. The first-order valence-corrected chi connectivity index (χ1v) is 7.70. The summed E-state index contributed by atoms with van der Waals surface area (Å²) < 4.78 is 2.01. The van der Waals surface area contributed by atoms with Crippen LogP contribution in [-0.4, -0.2) is 4.57 Å². The minimum absolute atomic E-state index is 0.693. The van der Waals surface area contributed by atoms with Crippen LogP contribution in [0.5, 0.6) is 0 Å². The van der Waals surface area contributed by atoms with Gasteiger partial charge in [-0.25, -0.2) is 0 Å². The fourth-order valence-corrected chi connectivity index (χ4v) is 2.78. The summed E-state index contributed by atoms with van der Waals surface area (Å²) in [5.74, 6) is 0. The highest BCUT2D eigenvalue weighted by Crippen LogP contribution is 2.29. The van der Waals surface area contributed by atoms with Gasteiger partial charge >= 0.3 is 0 Å². The van der Waals surface area contributed by atoms with E-state index in [9.17, 15) is 5.26 Å². The first-order valence-electron chi connectivity index (χ1n) is 7.70. The third-order valence-electron chi connectivity index (χ3n) is 4.06. The minimum atomic E-state index is 0.693. The van der Waals surface area contributed by atoms with Gasteiger partial charge in [0.2, 0.25) is 0 Å². The summed E-state index contributed by atoms with van der Waals surface area (Å²) in [5.41, 5.74) is 6.18. The van der Waals surface area contributed by atoms with E-state index >= 15 is 0 Å². The Morgan fingerprint density at radius 3 is 2.43 bits per heavy atom. The second kappa shape index (κ2) is 6.37. The zero-order valence-electron chi connectivity index (χ0n) is 13.2. The third-order valence-corrected chi connectivity index (χ3v) is 4.06. The number of aromatic nitrogens is 1. The molecule has 0 saturated heterocycles. The summed E-state index contributed by atoms with van der Waals surface area (Å²) in [6, 6.07) is 18.7. The topological polar surface area (TPSA) is 28.7 Å². The van der Waals surface area contributed by atoms with E-state index in [1.165, 1.54) is 5.56 Å². The molecule has 0 bridgehead atoms. The average molecular weight is 298 g/mol. The second-order valence-electron chi connectivity index (χ2n) is 5.41. The van der Waals surface area contributed by atoms with Crippen molar-refractivity contribution in [2.45, 2.75) is 13.3 Å². The highest BCUT2D eigenvalue weighted by Gasteiger charge is 2.12. The predicted octanol–water partition coefficient (Wildman–Crippen LogP) is 5.22. The molecule has 0 amide bonds. The lowest BCUT2D eigenvalue weighted by Gasteiger charge is -2.06. The van der Waals surface area contributed by atoms with Crippen molar-refractivity contribution in [2.75, 3.05) is 0 Å². The normalized spacial score (nSPS) is 10.3. The van der Waals surface area contributed by atoms with Crippen LogP contribution in [-0.2, 0) is 6.42 Å². The summed E-state index contributed by atoms with van der Waals surface area (Å²) in [6.07, 6.45) is 6.70. The number of hydrogen-bond acceptors (Lipinski definition) is 1. The standard InChI is InChI=1S/C21H18N2/c1-3-16-9-11-19(12-10-16)23-14-18(13-22)21(15-23)20-8-6-5-7-17(20)4-2/h3,5-12,14-15H,1,4H2,2H3. The Morgan fingerprint density at radius 2 is 1.78 bits per heavy atom. The van der Waals surface area contributed by atoms with E-state index in [-0.39, 0.29) is 0 Å². The minimum Gasteiger partial charge on any atom is -0.322 e. The van der Waals surface area contributed by atoms with Crippen LogP contribution in [0.15, 0.2) is 67.5 Å². The summed E-state index contributed by atoms with van der Waals surface area (Å²) in [7, 11) is 0. The van der Waals surface area contributed by atoms with Crippen LogP contribution in [0.2, 0.25) is 0 Å². The first kappa shape index (κ1) is 14.9. The van der Waals surface area contributed by atoms with Gasteiger partial charge in [0.05, 0.1) is 5.56 Å². The molecule has 2 heteroatoms. The van der Waals surface area contributed by atoms with Crippen LogP contribution in [0.25, 0.3) is 22.9 Å². The van der Waals surface area contributed by atoms with Crippen molar-refractivity contribution in [3.63, 3.8) is 0 Å². The predicted molar refractivity (Wildman–Crippen MR) is 95.4 cm³/mol. The Kier molecular flexibility index (Phi) is 4.12. The Hall–Kier alpha value is -3.05. The van der Waals surface area contributed by atoms with Crippen molar-refractivity contribution in [1.82, 2.24) is 4.57 Å². The zero-order chi connectivity index (χ0) is 16.2. The summed E-state index contributed by atoms with van der Waals surface area (Å²) >= 11 is 0. The zero-order valence-corrected chi connectivity index (χ0v) is 13.2. The molecule has 23 heavy (non-hydrogen) atoms. The molecule has 3 rings (SSSR count). The third kappa shape index (κ3) is 2.82. The summed E-state index contributed by atoms with van der Waals surface area (Å²) in [4.78, 5) is 0. The van der Waals surface area contributed by atoms with Gasteiger partial charge in [-0.3, -0.25) is 0 Å². The van der Waals surface area contributed by atoms with Crippen LogP contribution in [0.4, 0.5) is 0 Å². The van der Waals surface area contributed by atoms with E-state index in [1.54, 1.807) is 0 Å². The Balaban J connectivity index is 2.11. The van der Waals surface area contributed by atoms with Crippen molar-refractivity contribution in [3.05, 3.63) is 84.2 Å². The van der Waals surface area contributed by atoms with E-state index in [0.717, 1.165) is 28.8 Å². The molecule has 0 radical (unpaired) electrons. The molecular formula is C21H18N2. The maximum Gasteiger partial charge on any atom is 0.101 e. The van der Waals surface area contributed by atoms with Gasteiger partial charge in [0, 0.05) is 23.6 Å². The summed E-state index contributed by atoms with van der Waals surface area (Å²) in [6.45, 7) is 5.91. The van der Waals surface area contributed by atoms with E-state index < -0.39 is 0 Å². The van der Waals surface area contributed by atoms with Crippen molar-refractivity contribution in [1.29, 1.82) is 5.26 Å². The lowest BCUT2D eigenvalue weighted by molar-refractivity contribution is 1.08. The molecule has 1 aromatic heterocycles. The van der Waals surface area contributed by atoms with E-state index in [0.29, 0.717) is 5.56 Å². The smallest absolute Gasteiger partial charge is 0.101 e. The molecule has 0 saturated carbocycles. The monoisotopic (exact) mass is 298 g/mol. The van der Waals surface area contributed by atoms with Crippen LogP contribution in [0.3, 0.4) is 0 Å². The Labute approximate surface area is 136 Å². The molecule has 0 atom stereocenters. The van der Waals surface area contributed by atoms with Gasteiger partial charge in [0.15, 0.2) is 0 Å². The molecule has 0 unspecified atom stereocenters. The van der Waals surface area contributed by atoms with Crippen molar-refractivity contribution in [3.8, 4) is 22.9 Å². The maximum absolute atomic E-state index is 9.51. The highest BCUT2D eigenvalue weighted by molar-refractivity contribution is 5.73. The number of benzene rings is 2.